The SMILES string of the molecule is Nc1ccc(-c2csc(Nc3cc(F)ccc3F)n2)cc1. The number of anilines is 3. The number of benzene rings is 2. The van der Waals surface area contributed by atoms with Crippen LogP contribution in [0.1, 0.15) is 0 Å². The van der Waals surface area contributed by atoms with Gasteiger partial charge in [-0.2, -0.15) is 0 Å². The average Bonchev–Trinajstić information content (AvgIpc) is 2.92. The number of aromatic nitrogens is 1. The first-order valence-corrected chi connectivity index (χ1v) is 7.03. The van der Waals surface area contributed by atoms with E-state index in [-0.39, 0.29) is 5.69 Å². The molecule has 21 heavy (non-hydrogen) atoms. The zero-order valence-electron chi connectivity index (χ0n) is 10.8. The van der Waals surface area contributed by atoms with Gasteiger partial charge in [0, 0.05) is 22.7 Å². The van der Waals surface area contributed by atoms with Gasteiger partial charge in [0.1, 0.15) is 11.6 Å². The van der Waals surface area contributed by atoms with E-state index in [0.29, 0.717) is 10.8 Å². The molecule has 3 rings (SSSR count). The van der Waals surface area contributed by atoms with Crippen molar-refractivity contribution in [1.29, 1.82) is 0 Å². The number of thiazole rings is 1. The number of halogens is 2. The van der Waals surface area contributed by atoms with E-state index in [1.165, 1.54) is 11.3 Å². The molecule has 0 bridgehead atoms. The highest BCUT2D eigenvalue weighted by atomic mass is 32.1. The van der Waals surface area contributed by atoms with Gasteiger partial charge in [-0.25, -0.2) is 13.8 Å². The van der Waals surface area contributed by atoms with Gasteiger partial charge in [-0.05, 0) is 24.3 Å². The van der Waals surface area contributed by atoms with Crippen LogP contribution in [-0.2, 0) is 0 Å². The summed E-state index contributed by atoms with van der Waals surface area (Å²) in [6.45, 7) is 0. The van der Waals surface area contributed by atoms with Crippen molar-refractivity contribution >= 4 is 27.8 Å². The van der Waals surface area contributed by atoms with Crippen molar-refractivity contribution in [2.24, 2.45) is 0 Å². The molecule has 0 atom stereocenters. The van der Waals surface area contributed by atoms with Gasteiger partial charge in [0.25, 0.3) is 0 Å². The fourth-order valence-corrected chi connectivity index (χ4v) is 2.56. The lowest BCUT2D eigenvalue weighted by molar-refractivity contribution is 0.603. The molecule has 0 unspecified atom stereocenters. The standard InChI is InChI=1S/C15H11F2N3S/c16-10-3-6-12(17)13(7-10)19-15-20-14(8-21-15)9-1-4-11(18)5-2-9/h1-8H,18H2,(H,19,20). The van der Waals surface area contributed by atoms with Crippen molar-refractivity contribution in [3.8, 4) is 11.3 Å². The Kier molecular flexibility index (Phi) is 3.53. The molecule has 1 aromatic heterocycles. The lowest BCUT2D eigenvalue weighted by Crippen LogP contribution is -1.94. The summed E-state index contributed by atoms with van der Waals surface area (Å²) in [4.78, 5) is 4.35. The van der Waals surface area contributed by atoms with E-state index in [0.717, 1.165) is 29.5 Å². The fraction of sp³-hybridized carbons (Fsp3) is 0. The zero-order chi connectivity index (χ0) is 14.8. The molecular formula is C15H11F2N3S. The van der Waals surface area contributed by atoms with Gasteiger partial charge in [0.15, 0.2) is 5.13 Å². The first kappa shape index (κ1) is 13.5. The predicted molar refractivity (Wildman–Crippen MR) is 81.6 cm³/mol. The van der Waals surface area contributed by atoms with Gasteiger partial charge in [0.2, 0.25) is 0 Å². The van der Waals surface area contributed by atoms with Crippen molar-refractivity contribution < 1.29 is 8.78 Å². The van der Waals surface area contributed by atoms with Gasteiger partial charge in [-0.15, -0.1) is 11.3 Å². The Morgan fingerprint density at radius 2 is 1.81 bits per heavy atom. The van der Waals surface area contributed by atoms with Gasteiger partial charge < -0.3 is 11.1 Å². The molecule has 0 radical (unpaired) electrons. The summed E-state index contributed by atoms with van der Waals surface area (Å²) in [6.07, 6.45) is 0. The maximum atomic E-state index is 13.6. The van der Waals surface area contributed by atoms with Crippen molar-refractivity contribution in [2.45, 2.75) is 0 Å². The lowest BCUT2D eigenvalue weighted by atomic mass is 10.1. The minimum Gasteiger partial charge on any atom is -0.399 e. The Hall–Kier alpha value is -2.47. The third-order valence-electron chi connectivity index (χ3n) is 2.88. The largest absolute Gasteiger partial charge is 0.399 e. The molecule has 0 aliphatic rings. The second-order valence-corrected chi connectivity index (χ2v) is 5.27. The number of hydrogen-bond acceptors (Lipinski definition) is 4. The van der Waals surface area contributed by atoms with Gasteiger partial charge in [-0.1, -0.05) is 12.1 Å². The number of nitrogens with zero attached hydrogens (tertiary/aromatic N) is 1. The lowest BCUT2D eigenvalue weighted by Gasteiger charge is -2.04. The number of nitrogens with one attached hydrogen (secondary N) is 1. The van der Waals surface area contributed by atoms with Crippen molar-refractivity contribution in [2.75, 3.05) is 11.1 Å². The van der Waals surface area contributed by atoms with E-state index in [1.54, 1.807) is 12.1 Å². The van der Waals surface area contributed by atoms with E-state index in [4.69, 9.17) is 5.73 Å². The Balaban J connectivity index is 1.85. The Labute approximate surface area is 124 Å². The molecule has 106 valence electrons. The van der Waals surface area contributed by atoms with Gasteiger partial charge in [0.05, 0.1) is 11.4 Å². The maximum Gasteiger partial charge on any atom is 0.187 e. The second-order valence-electron chi connectivity index (χ2n) is 4.41. The maximum absolute atomic E-state index is 13.6. The summed E-state index contributed by atoms with van der Waals surface area (Å²) in [5.74, 6) is -1.03. The highest BCUT2D eigenvalue weighted by Gasteiger charge is 2.08. The Bertz CT molecular complexity index is 769. The molecule has 0 saturated heterocycles. The highest BCUT2D eigenvalue weighted by molar-refractivity contribution is 7.14. The molecule has 0 spiro atoms. The molecule has 6 heteroatoms. The van der Waals surface area contributed by atoms with Crippen LogP contribution in [0.15, 0.2) is 47.8 Å². The Morgan fingerprint density at radius 1 is 1.05 bits per heavy atom. The van der Waals surface area contributed by atoms with Crippen LogP contribution in [0.2, 0.25) is 0 Å². The summed E-state index contributed by atoms with van der Waals surface area (Å²) in [7, 11) is 0. The molecule has 0 aliphatic heterocycles. The molecule has 1 heterocycles. The molecule has 2 aromatic carbocycles. The van der Waals surface area contributed by atoms with Crippen molar-refractivity contribution in [1.82, 2.24) is 4.98 Å². The number of nitrogens with two attached hydrogens (primary N) is 1. The number of nitrogen functional groups attached to an aromatic ring is 1. The smallest absolute Gasteiger partial charge is 0.187 e. The van der Waals surface area contributed by atoms with E-state index in [9.17, 15) is 8.78 Å². The summed E-state index contributed by atoms with van der Waals surface area (Å²) < 4.78 is 26.7. The molecule has 0 aliphatic carbocycles. The Morgan fingerprint density at radius 3 is 2.57 bits per heavy atom. The molecule has 0 amide bonds. The summed E-state index contributed by atoms with van der Waals surface area (Å²) >= 11 is 1.32. The third kappa shape index (κ3) is 3.00. The molecule has 0 fully saturated rings. The number of rotatable bonds is 3. The van der Waals surface area contributed by atoms with Gasteiger partial charge in [-0.3, -0.25) is 0 Å². The summed E-state index contributed by atoms with van der Waals surface area (Å²) in [5.41, 5.74) is 8.03. The van der Waals surface area contributed by atoms with E-state index in [1.807, 2.05) is 17.5 Å². The zero-order valence-corrected chi connectivity index (χ0v) is 11.6. The van der Waals surface area contributed by atoms with E-state index in [2.05, 4.69) is 10.3 Å². The van der Waals surface area contributed by atoms with E-state index >= 15 is 0 Å². The molecule has 3 nitrogen and oxygen atoms in total. The van der Waals surface area contributed by atoms with Crippen molar-refractivity contribution in [3.05, 3.63) is 59.5 Å². The summed E-state index contributed by atoms with van der Waals surface area (Å²) in [6, 6.07) is 10.5. The predicted octanol–water partition coefficient (Wildman–Crippen LogP) is 4.41. The first-order valence-electron chi connectivity index (χ1n) is 6.15. The normalized spacial score (nSPS) is 10.6. The van der Waals surface area contributed by atoms with Crippen LogP contribution in [0.5, 0.6) is 0 Å². The van der Waals surface area contributed by atoms with Gasteiger partial charge >= 0.3 is 0 Å². The first-order chi connectivity index (χ1) is 10.1. The van der Waals surface area contributed by atoms with Crippen LogP contribution in [0.25, 0.3) is 11.3 Å². The molecule has 0 saturated carbocycles. The monoisotopic (exact) mass is 303 g/mol. The molecule has 3 aromatic rings. The van der Waals surface area contributed by atoms with Crippen LogP contribution in [-0.4, -0.2) is 4.98 Å². The van der Waals surface area contributed by atoms with Crippen LogP contribution in [0.4, 0.5) is 25.3 Å². The third-order valence-corrected chi connectivity index (χ3v) is 3.64. The minimum absolute atomic E-state index is 0.0632. The fourth-order valence-electron chi connectivity index (χ4n) is 1.83. The number of hydrogen-bond donors (Lipinski definition) is 2. The van der Waals surface area contributed by atoms with Crippen LogP contribution in [0.3, 0.4) is 0 Å². The average molecular weight is 303 g/mol. The summed E-state index contributed by atoms with van der Waals surface area (Å²) in [5, 5.41) is 5.11. The quantitative estimate of drug-likeness (QED) is 0.704. The molecular weight excluding hydrogens is 292 g/mol. The van der Waals surface area contributed by atoms with Crippen LogP contribution in [0, 0.1) is 11.6 Å². The molecule has 3 N–H and O–H groups in total. The minimum atomic E-state index is -0.527. The van der Waals surface area contributed by atoms with Crippen LogP contribution < -0.4 is 11.1 Å². The van der Waals surface area contributed by atoms with E-state index < -0.39 is 11.6 Å². The van der Waals surface area contributed by atoms with Crippen LogP contribution >= 0.6 is 11.3 Å². The highest BCUT2D eigenvalue weighted by Crippen LogP contribution is 2.28. The topological polar surface area (TPSA) is 50.9 Å². The second kappa shape index (κ2) is 5.49. The van der Waals surface area contributed by atoms with Crippen molar-refractivity contribution in [3.63, 3.8) is 0 Å².